The van der Waals surface area contributed by atoms with Crippen LogP contribution in [0.2, 0.25) is 0 Å². The average Bonchev–Trinajstić information content (AvgIpc) is 2.81. The minimum Gasteiger partial charge on any atom is -0.380 e. The molecule has 0 amide bonds. The number of Topliss-reactive ketones (excluding diaryl/α,β-unsaturated/α-hetero) is 1. The molecule has 1 heterocycles. The highest BCUT2D eigenvalue weighted by Gasteiger charge is 2.36. The second-order valence-corrected chi connectivity index (χ2v) is 6.53. The summed E-state index contributed by atoms with van der Waals surface area (Å²) in [5.74, 6) is 1.44. The van der Waals surface area contributed by atoms with Gasteiger partial charge in [-0.2, -0.15) is 0 Å². The van der Waals surface area contributed by atoms with Crippen molar-refractivity contribution < 1.29 is 9.53 Å². The van der Waals surface area contributed by atoms with E-state index < -0.39 is 0 Å². The molecule has 1 aliphatic heterocycles. The molecule has 0 aromatic carbocycles. The van der Waals surface area contributed by atoms with Gasteiger partial charge in [0.25, 0.3) is 0 Å². The molecule has 2 atom stereocenters. The van der Waals surface area contributed by atoms with Gasteiger partial charge < -0.3 is 4.74 Å². The summed E-state index contributed by atoms with van der Waals surface area (Å²) < 4.78 is 5.71. The molecule has 1 saturated heterocycles. The van der Waals surface area contributed by atoms with Gasteiger partial charge in [0.1, 0.15) is 5.78 Å². The molecule has 2 rings (SSSR count). The summed E-state index contributed by atoms with van der Waals surface area (Å²) in [5, 5.41) is 0. The van der Waals surface area contributed by atoms with Gasteiger partial charge in [0.2, 0.25) is 0 Å². The van der Waals surface area contributed by atoms with Crippen molar-refractivity contribution in [1.29, 1.82) is 0 Å². The number of hydrogen-bond donors (Lipinski definition) is 0. The quantitative estimate of drug-likeness (QED) is 0.693. The van der Waals surface area contributed by atoms with Gasteiger partial charge in [-0.25, -0.2) is 0 Å². The molecule has 1 saturated carbocycles. The number of piperidine rings is 1. The van der Waals surface area contributed by atoms with Gasteiger partial charge >= 0.3 is 0 Å². The van der Waals surface area contributed by atoms with Crippen LogP contribution in [0.25, 0.3) is 0 Å². The molecule has 0 bridgehead atoms. The fraction of sp³-hybridized carbons (Fsp3) is 0.938. The molecule has 2 aliphatic rings. The third-order valence-electron chi connectivity index (χ3n) is 4.45. The predicted octanol–water partition coefficient (Wildman–Crippen LogP) is 2.88. The van der Waals surface area contributed by atoms with Crippen LogP contribution in [-0.4, -0.2) is 43.0 Å². The highest BCUT2D eigenvalue weighted by atomic mass is 16.5. The molecule has 110 valence electrons. The Labute approximate surface area is 117 Å². The monoisotopic (exact) mass is 267 g/mol. The molecule has 2 unspecified atom stereocenters. The molecule has 3 heteroatoms. The Bertz CT molecular complexity index is 290. The Morgan fingerprint density at radius 1 is 1.26 bits per heavy atom. The number of carbonyl (C=O) groups is 1. The fourth-order valence-corrected chi connectivity index (χ4v) is 3.50. The molecule has 1 aliphatic carbocycles. The number of likely N-dealkylation sites (tertiary alicyclic amines) is 1. The smallest absolute Gasteiger partial charge is 0.137 e. The minimum atomic E-state index is 0.324. The van der Waals surface area contributed by atoms with Gasteiger partial charge in [-0.3, -0.25) is 9.69 Å². The van der Waals surface area contributed by atoms with Crippen molar-refractivity contribution in [2.24, 2.45) is 11.8 Å². The summed E-state index contributed by atoms with van der Waals surface area (Å²) in [6.07, 6.45) is 6.82. The van der Waals surface area contributed by atoms with Crippen molar-refractivity contribution in [3.8, 4) is 0 Å². The Balaban J connectivity index is 1.80. The van der Waals surface area contributed by atoms with Crippen LogP contribution in [0.15, 0.2) is 0 Å². The fourth-order valence-electron chi connectivity index (χ4n) is 3.50. The molecule has 0 aromatic rings. The molecule has 2 fully saturated rings. The second kappa shape index (κ2) is 7.39. The Kier molecular flexibility index (Phi) is 5.83. The zero-order valence-corrected chi connectivity index (χ0v) is 12.6. The first-order valence-electron chi connectivity index (χ1n) is 8.03. The lowest BCUT2D eigenvalue weighted by Gasteiger charge is -2.38. The van der Waals surface area contributed by atoms with Gasteiger partial charge in [-0.05, 0) is 38.1 Å². The summed E-state index contributed by atoms with van der Waals surface area (Å²) >= 11 is 0. The van der Waals surface area contributed by atoms with Crippen LogP contribution < -0.4 is 0 Å². The van der Waals surface area contributed by atoms with E-state index in [-0.39, 0.29) is 0 Å². The average molecular weight is 267 g/mol. The predicted molar refractivity (Wildman–Crippen MR) is 77.2 cm³/mol. The molecular weight excluding hydrogens is 238 g/mol. The first-order chi connectivity index (χ1) is 9.18. The maximum atomic E-state index is 12.0. The highest BCUT2D eigenvalue weighted by molar-refractivity contribution is 5.83. The van der Waals surface area contributed by atoms with Gasteiger partial charge in [-0.1, -0.05) is 20.3 Å². The van der Waals surface area contributed by atoms with E-state index in [1.807, 2.05) is 0 Å². The molecule has 3 nitrogen and oxygen atoms in total. The van der Waals surface area contributed by atoms with Crippen molar-refractivity contribution in [1.82, 2.24) is 4.90 Å². The van der Waals surface area contributed by atoms with Crippen LogP contribution >= 0.6 is 0 Å². The van der Waals surface area contributed by atoms with Crippen molar-refractivity contribution in [3.05, 3.63) is 0 Å². The summed E-state index contributed by atoms with van der Waals surface area (Å²) in [6, 6.07) is 0.506. The number of hydrogen-bond acceptors (Lipinski definition) is 3. The maximum absolute atomic E-state index is 12.0. The molecule has 0 N–H and O–H groups in total. The van der Waals surface area contributed by atoms with Crippen LogP contribution in [0.5, 0.6) is 0 Å². The first kappa shape index (κ1) is 15.0. The third-order valence-corrected chi connectivity index (χ3v) is 4.45. The van der Waals surface area contributed by atoms with Gasteiger partial charge in [-0.15, -0.1) is 0 Å². The third kappa shape index (κ3) is 4.28. The SMILES string of the molecule is CC(C)COCCN1CCCCC1C1CCCC1=O. The maximum Gasteiger partial charge on any atom is 0.137 e. The van der Waals surface area contributed by atoms with Crippen molar-refractivity contribution in [2.45, 2.75) is 58.4 Å². The zero-order valence-electron chi connectivity index (χ0n) is 12.6. The van der Waals surface area contributed by atoms with E-state index in [4.69, 9.17) is 4.74 Å². The van der Waals surface area contributed by atoms with Crippen LogP contribution in [-0.2, 0) is 9.53 Å². The number of ether oxygens (including phenoxy) is 1. The summed E-state index contributed by atoms with van der Waals surface area (Å²) in [7, 11) is 0. The standard InChI is InChI=1S/C16H29NO2/c1-13(2)12-19-11-10-17-9-4-3-7-15(17)14-6-5-8-16(14)18/h13-15H,3-12H2,1-2H3. The number of rotatable bonds is 6. The van der Waals surface area contributed by atoms with Crippen molar-refractivity contribution in [2.75, 3.05) is 26.3 Å². The minimum absolute atomic E-state index is 0.324. The van der Waals surface area contributed by atoms with E-state index in [2.05, 4.69) is 18.7 Å². The van der Waals surface area contributed by atoms with Gasteiger partial charge in [0.15, 0.2) is 0 Å². The van der Waals surface area contributed by atoms with E-state index in [1.54, 1.807) is 0 Å². The normalized spacial score (nSPS) is 29.3. The number of ketones is 1. The Morgan fingerprint density at radius 2 is 2.11 bits per heavy atom. The molecule has 0 aromatic heterocycles. The number of carbonyl (C=O) groups excluding carboxylic acids is 1. The van der Waals surface area contributed by atoms with Crippen LogP contribution in [0.4, 0.5) is 0 Å². The van der Waals surface area contributed by atoms with E-state index in [1.165, 1.54) is 19.3 Å². The summed E-state index contributed by atoms with van der Waals surface area (Å²) in [5.41, 5.74) is 0. The van der Waals surface area contributed by atoms with Crippen molar-refractivity contribution in [3.63, 3.8) is 0 Å². The van der Waals surface area contributed by atoms with E-state index in [0.717, 1.165) is 45.6 Å². The van der Waals surface area contributed by atoms with E-state index in [0.29, 0.717) is 23.7 Å². The lowest BCUT2D eigenvalue weighted by atomic mass is 9.88. The molecule has 19 heavy (non-hydrogen) atoms. The highest BCUT2D eigenvalue weighted by Crippen LogP contribution is 2.32. The Morgan fingerprint density at radius 3 is 2.79 bits per heavy atom. The van der Waals surface area contributed by atoms with Gasteiger partial charge in [0, 0.05) is 31.5 Å². The van der Waals surface area contributed by atoms with E-state index >= 15 is 0 Å². The second-order valence-electron chi connectivity index (χ2n) is 6.53. The Hall–Kier alpha value is -0.410. The molecular formula is C16H29NO2. The zero-order chi connectivity index (χ0) is 13.7. The van der Waals surface area contributed by atoms with Crippen LogP contribution in [0.1, 0.15) is 52.4 Å². The summed E-state index contributed by atoms with van der Waals surface area (Å²) in [4.78, 5) is 14.5. The van der Waals surface area contributed by atoms with Gasteiger partial charge in [0.05, 0.1) is 6.61 Å². The summed E-state index contributed by atoms with van der Waals surface area (Å²) in [6.45, 7) is 8.18. The van der Waals surface area contributed by atoms with Crippen LogP contribution in [0.3, 0.4) is 0 Å². The largest absolute Gasteiger partial charge is 0.380 e. The van der Waals surface area contributed by atoms with E-state index in [9.17, 15) is 4.79 Å². The van der Waals surface area contributed by atoms with Crippen molar-refractivity contribution >= 4 is 5.78 Å². The lowest BCUT2D eigenvalue weighted by molar-refractivity contribution is -0.123. The topological polar surface area (TPSA) is 29.5 Å². The molecule has 0 radical (unpaired) electrons. The molecule has 0 spiro atoms. The lowest BCUT2D eigenvalue weighted by Crippen LogP contribution is -2.46. The van der Waals surface area contributed by atoms with Crippen LogP contribution in [0, 0.1) is 11.8 Å². The number of nitrogens with zero attached hydrogens (tertiary/aromatic N) is 1. The first-order valence-corrected chi connectivity index (χ1v) is 8.03.